The number of aromatic nitrogens is 2. The summed E-state index contributed by atoms with van der Waals surface area (Å²) in [6.07, 6.45) is 6.35. The largest absolute Gasteiger partial charge is 0.404 e. The summed E-state index contributed by atoms with van der Waals surface area (Å²) in [6, 6.07) is 4.53. The fourth-order valence-electron chi connectivity index (χ4n) is 1.72. The monoisotopic (exact) mass is 303 g/mol. The molecule has 0 aliphatic heterocycles. The molecule has 2 rings (SSSR count). The SMILES string of the molecule is C=C(/N=C(\C=C/N)n1ncc2ccc([N+](=O)[O-])cc21)SC. The van der Waals surface area contributed by atoms with Crippen LogP contribution in [0.4, 0.5) is 5.69 Å². The molecule has 7 nitrogen and oxygen atoms in total. The predicted octanol–water partition coefficient (Wildman–Crippen LogP) is 2.50. The van der Waals surface area contributed by atoms with E-state index in [1.54, 1.807) is 18.3 Å². The molecule has 0 saturated carbocycles. The first-order chi connectivity index (χ1) is 10.1. The highest BCUT2D eigenvalue weighted by molar-refractivity contribution is 8.02. The third-order valence-electron chi connectivity index (χ3n) is 2.70. The molecule has 0 unspecified atom stereocenters. The van der Waals surface area contributed by atoms with Crippen LogP contribution in [-0.4, -0.2) is 26.8 Å². The first-order valence-electron chi connectivity index (χ1n) is 5.89. The Kier molecular flexibility index (Phi) is 4.39. The van der Waals surface area contributed by atoms with Crippen molar-refractivity contribution in [1.29, 1.82) is 0 Å². The lowest BCUT2D eigenvalue weighted by Crippen LogP contribution is -2.11. The van der Waals surface area contributed by atoms with Crippen LogP contribution in [0.5, 0.6) is 0 Å². The average molecular weight is 303 g/mol. The Balaban J connectivity index is 2.62. The molecule has 21 heavy (non-hydrogen) atoms. The topological polar surface area (TPSA) is 99.3 Å². The van der Waals surface area contributed by atoms with Crippen molar-refractivity contribution in [2.75, 3.05) is 6.26 Å². The van der Waals surface area contributed by atoms with E-state index in [-0.39, 0.29) is 5.69 Å². The van der Waals surface area contributed by atoms with E-state index in [1.807, 2.05) is 6.26 Å². The van der Waals surface area contributed by atoms with E-state index in [0.717, 1.165) is 5.39 Å². The van der Waals surface area contributed by atoms with E-state index in [4.69, 9.17) is 5.73 Å². The van der Waals surface area contributed by atoms with Gasteiger partial charge in [-0.05, 0) is 24.6 Å². The number of rotatable bonds is 4. The maximum absolute atomic E-state index is 10.9. The van der Waals surface area contributed by atoms with Crippen molar-refractivity contribution in [3.63, 3.8) is 0 Å². The fourth-order valence-corrected chi connectivity index (χ4v) is 1.90. The molecule has 0 aliphatic rings. The van der Waals surface area contributed by atoms with Crippen molar-refractivity contribution in [2.45, 2.75) is 0 Å². The Labute approximate surface area is 125 Å². The Bertz CT molecular complexity index is 763. The van der Waals surface area contributed by atoms with Gasteiger partial charge in [0.25, 0.3) is 5.69 Å². The van der Waals surface area contributed by atoms with Gasteiger partial charge in [-0.1, -0.05) is 6.58 Å². The van der Waals surface area contributed by atoms with Gasteiger partial charge in [-0.15, -0.1) is 11.8 Å². The maximum Gasteiger partial charge on any atom is 0.271 e. The minimum Gasteiger partial charge on any atom is -0.404 e. The quantitative estimate of drug-likeness (QED) is 0.405. The second kappa shape index (κ2) is 6.23. The summed E-state index contributed by atoms with van der Waals surface area (Å²) in [6.45, 7) is 3.78. The molecule has 2 aromatic rings. The molecule has 1 aromatic heterocycles. The number of nitro benzene ring substituents is 1. The summed E-state index contributed by atoms with van der Waals surface area (Å²) in [5.41, 5.74) is 6.00. The summed E-state index contributed by atoms with van der Waals surface area (Å²) in [5, 5.41) is 16.5. The molecule has 0 aliphatic carbocycles. The van der Waals surface area contributed by atoms with Crippen LogP contribution in [0, 0.1) is 10.1 Å². The van der Waals surface area contributed by atoms with Gasteiger partial charge in [-0.2, -0.15) is 5.10 Å². The zero-order valence-electron chi connectivity index (χ0n) is 11.3. The van der Waals surface area contributed by atoms with Gasteiger partial charge in [-0.25, -0.2) is 9.67 Å². The van der Waals surface area contributed by atoms with E-state index < -0.39 is 4.92 Å². The third kappa shape index (κ3) is 3.11. The van der Waals surface area contributed by atoms with Crippen molar-refractivity contribution >= 4 is 34.2 Å². The number of hydrogen-bond donors (Lipinski definition) is 1. The predicted molar refractivity (Wildman–Crippen MR) is 85.2 cm³/mol. The average Bonchev–Trinajstić information content (AvgIpc) is 2.89. The van der Waals surface area contributed by atoms with Crippen LogP contribution in [0.1, 0.15) is 0 Å². The van der Waals surface area contributed by atoms with Gasteiger partial charge in [0, 0.05) is 17.5 Å². The number of fused-ring (bicyclic) bond motifs is 1. The van der Waals surface area contributed by atoms with Crippen molar-refractivity contribution in [3.05, 3.63) is 58.4 Å². The van der Waals surface area contributed by atoms with Crippen molar-refractivity contribution < 1.29 is 4.92 Å². The number of nitrogens with two attached hydrogens (primary N) is 1. The first-order valence-corrected chi connectivity index (χ1v) is 7.11. The lowest BCUT2D eigenvalue weighted by atomic mass is 10.2. The number of nitro groups is 1. The van der Waals surface area contributed by atoms with Gasteiger partial charge < -0.3 is 5.73 Å². The Morgan fingerprint density at radius 2 is 2.38 bits per heavy atom. The molecule has 8 heteroatoms. The van der Waals surface area contributed by atoms with Gasteiger partial charge in [0.15, 0.2) is 5.84 Å². The third-order valence-corrected chi connectivity index (χ3v) is 3.27. The smallest absolute Gasteiger partial charge is 0.271 e. The molecular formula is C13H13N5O2S. The van der Waals surface area contributed by atoms with Crippen molar-refractivity contribution in [2.24, 2.45) is 10.7 Å². The van der Waals surface area contributed by atoms with Crippen LogP contribution in [0.15, 0.2) is 53.3 Å². The lowest BCUT2D eigenvalue weighted by molar-refractivity contribution is -0.384. The summed E-state index contributed by atoms with van der Waals surface area (Å²) < 4.78 is 1.49. The number of aliphatic imine (C=N–C) groups is 1. The Hall–Kier alpha value is -2.61. The Morgan fingerprint density at radius 3 is 3.00 bits per heavy atom. The zero-order valence-corrected chi connectivity index (χ0v) is 12.1. The normalized spacial score (nSPS) is 12.1. The van der Waals surface area contributed by atoms with Crippen LogP contribution in [0.25, 0.3) is 10.9 Å². The van der Waals surface area contributed by atoms with Gasteiger partial charge in [0.2, 0.25) is 0 Å². The number of hydrogen-bond acceptors (Lipinski definition) is 6. The molecule has 0 saturated heterocycles. The molecule has 2 N–H and O–H groups in total. The number of allylic oxidation sites excluding steroid dienone is 1. The highest BCUT2D eigenvalue weighted by Gasteiger charge is 2.12. The van der Waals surface area contributed by atoms with Crippen LogP contribution in [0.3, 0.4) is 0 Å². The molecule has 1 aromatic carbocycles. The highest BCUT2D eigenvalue weighted by atomic mass is 32.2. The van der Waals surface area contributed by atoms with Gasteiger partial charge in [0.05, 0.1) is 21.7 Å². The number of nitrogens with zero attached hydrogens (tertiary/aromatic N) is 4. The van der Waals surface area contributed by atoms with Crippen LogP contribution >= 0.6 is 11.8 Å². The van der Waals surface area contributed by atoms with Crippen molar-refractivity contribution in [3.8, 4) is 0 Å². The van der Waals surface area contributed by atoms with E-state index in [2.05, 4.69) is 16.7 Å². The van der Waals surface area contributed by atoms with Gasteiger partial charge in [-0.3, -0.25) is 10.1 Å². The first kappa shape index (κ1) is 14.8. The molecule has 108 valence electrons. The Morgan fingerprint density at radius 1 is 1.62 bits per heavy atom. The van der Waals surface area contributed by atoms with Gasteiger partial charge >= 0.3 is 0 Å². The summed E-state index contributed by atoms with van der Waals surface area (Å²) >= 11 is 1.38. The molecule has 0 bridgehead atoms. The maximum atomic E-state index is 10.9. The molecular weight excluding hydrogens is 290 g/mol. The van der Waals surface area contributed by atoms with Crippen LogP contribution < -0.4 is 5.73 Å². The standard InChI is InChI=1S/C13H13N5O2S/c1-9(21-2)16-13(5-6-14)17-12-7-11(18(19)20)4-3-10(12)8-15-17/h3-8H,1,14H2,2H3/b6-5-,16-13+. The second-order valence-corrected chi connectivity index (χ2v) is 4.86. The molecule has 0 atom stereocenters. The summed E-state index contributed by atoms with van der Waals surface area (Å²) in [4.78, 5) is 14.7. The molecule has 0 amide bonds. The van der Waals surface area contributed by atoms with Crippen LogP contribution in [0.2, 0.25) is 0 Å². The number of non-ortho nitro benzene ring substituents is 1. The fraction of sp³-hybridized carbons (Fsp3) is 0.0769. The molecule has 0 spiro atoms. The lowest BCUT2D eigenvalue weighted by Gasteiger charge is -2.04. The molecule has 0 fully saturated rings. The zero-order chi connectivity index (χ0) is 15.4. The second-order valence-electron chi connectivity index (χ2n) is 3.98. The van der Waals surface area contributed by atoms with Gasteiger partial charge in [0.1, 0.15) is 0 Å². The minimum atomic E-state index is -0.451. The van der Waals surface area contributed by atoms with E-state index in [1.165, 1.54) is 34.8 Å². The van der Waals surface area contributed by atoms with E-state index in [0.29, 0.717) is 16.4 Å². The van der Waals surface area contributed by atoms with E-state index in [9.17, 15) is 10.1 Å². The van der Waals surface area contributed by atoms with E-state index >= 15 is 0 Å². The summed E-state index contributed by atoms with van der Waals surface area (Å²) in [7, 11) is 0. The minimum absolute atomic E-state index is 0.0102. The molecule has 1 heterocycles. The molecule has 0 radical (unpaired) electrons. The number of benzene rings is 1. The summed E-state index contributed by atoms with van der Waals surface area (Å²) in [5.74, 6) is 0.437. The van der Waals surface area contributed by atoms with Crippen molar-refractivity contribution in [1.82, 2.24) is 9.78 Å². The van der Waals surface area contributed by atoms with Crippen LogP contribution in [-0.2, 0) is 0 Å². The number of thioether (sulfide) groups is 1. The highest BCUT2D eigenvalue weighted by Crippen LogP contribution is 2.21.